The number of nitrogens with one attached hydrogen (secondary N) is 3. The van der Waals surface area contributed by atoms with Crippen molar-refractivity contribution in [2.75, 3.05) is 19.6 Å². The van der Waals surface area contributed by atoms with Gasteiger partial charge in [-0.1, -0.05) is 23.7 Å². The zero-order valence-corrected chi connectivity index (χ0v) is 15.9. The molecule has 0 atom stereocenters. The first-order valence-electron chi connectivity index (χ1n) is 8.06. The Morgan fingerprint density at radius 2 is 2.00 bits per heavy atom. The highest BCUT2D eigenvalue weighted by molar-refractivity contribution is 7.11. The third-order valence-electron chi connectivity index (χ3n) is 3.21. The van der Waals surface area contributed by atoms with Gasteiger partial charge in [-0.15, -0.1) is 11.3 Å². The van der Waals surface area contributed by atoms with Crippen LogP contribution in [0, 0.1) is 6.92 Å². The maximum absolute atomic E-state index is 12.1. The van der Waals surface area contributed by atoms with Crippen LogP contribution >= 0.6 is 22.9 Å². The van der Waals surface area contributed by atoms with Crippen molar-refractivity contribution in [3.8, 4) is 0 Å². The summed E-state index contributed by atoms with van der Waals surface area (Å²) in [6, 6.07) is 6.98. The standard InChI is InChI=1S/C17H22ClN5OS/c1-3-19-17(23-11-15-22-10-12(2)25-15)21-9-8-20-16(24)13-6-4-5-7-14(13)18/h4-7,10H,3,8-9,11H2,1-2H3,(H,20,24)(H2,19,21,23). The van der Waals surface area contributed by atoms with Gasteiger partial charge in [0.05, 0.1) is 17.1 Å². The van der Waals surface area contributed by atoms with Crippen LogP contribution in [0.25, 0.3) is 0 Å². The highest BCUT2D eigenvalue weighted by Gasteiger charge is 2.08. The third kappa shape index (κ3) is 6.36. The lowest BCUT2D eigenvalue weighted by molar-refractivity contribution is 0.0954. The zero-order chi connectivity index (χ0) is 18.1. The van der Waals surface area contributed by atoms with Crippen LogP contribution in [-0.4, -0.2) is 36.5 Å². The Balaban J connectivity index is 1.79. The smallest absolute Gasteiger partial charge is 0.252 e. The highest BCUT2D eigenvalue weighted by atomic mass is 35.5. The number of amides is 1. The first-order valence-corrected chi connectivity index (χ1v) is 9.25. The number of nitrogens with zero attached hydrogens (tertiary/aromatic N) is 2. The number of halogens is 1. The van der Waals surface area contributed by atoms with E-state index in [1.165, 1.54) is 4.88 Å². The van der Waals surface area contributed by atoms with Crippen LogP contribution in [0.5, 0.6) is 0 Å². The molecule has 2 rings (SSSR count). The van der Waals surface area contributed by atoms with E-state index < -0.39 is 0 Å². The molecule has 8 heteroatoms. The molecule has 0 unspecified atom stereocenters. The molecule has 2 aromatic rings. The van der Waals surface area contributed by atoms with Gasteiger partial charge < -0.3 is 16.0 Å². The number of thiazole rings is 1. The minimum atomic E-state index is -0.187. The Morgan fingerprint density at radius 1 is 1.24 bits per heavy atom. The molecule has 1 aromatic carbocycles. The summed E-state index contributed by atoms with van der Waals surface area (Å²) < 4.78 is 0. The molecule has 0 saturated heterocycles. The Kier molecular flexibility index (Phi) is 7.69. The van der Waals surface area contributed by atoms with Gasteiger partial charge in [-0.05, 0) is 26.0 Å². The number of aliphatic imine (C=N–C) groups is 1. The fourth-order valence-corrected chi connectivity index (χ4v) is 2.99. The lowest BCUT2D eigenvalue weighted by atomic mass is 10.2. The quantitative estimate of drug-likeness (QED) is 0.392. The van der Waals surface area contributed by atoms with Gasteiger partial charge in [0.15, 0.2) is 5.96 Å². The van der Waals surface area contributed by atoms with Crippen LogP contribution in [0.2, 0.25) is 5.02 Å². The van der Waals surface area contributed by atoms with E-state index in [-0.39, 0.29) is 5.91 Å². The van der Waals surface area contributed by atoms with Gasteiger partial charge in [0.1, 0.15) is 5.01 Å². The van der Waals surface area contributed by atoms with E-state index in [0.29, 0.717) is 36.2 Å². The van der Waals surface area contributed by atoms with Crippen molar-refractivity contribution in [1.29, 1.82) is 0 Å². The summed E-state index contributed by atoms with van der Waals surface area (Å²) in [5.41, 5.74) is 0.476. The Hall–Kier alpha value is -2.12. The number of rotatable bonds is 7. The van der Waals surface area contributed by atoms with E-state index in [2.05, 4.69) is 25.9 Å². The highest BCUT2D eigenvalue weighted by Crippen LogP contribution is 2.14. The largest absolute Gasteiger partial charge is 0.357 e. The molecular formula is C17H22ClN5OS. The second kappa shape index (κ2) is 10.0. The fourth-order valence-electron chi connectivity index (χ4n) is 2.06. The fraction of sp³-hybridized carbons (Fsp3) is 0.353. The molecule has 25 heavy (non-hydrogen) atoms. The maximum atomic E-state index is 12.1. The summed E-state index contributed by atoms with van der Waals surface area (Å²) in [6.45, 7) is 6.33. The van der Waals surface area contributed by atoms with Crippen LogP contribution in [0.1, 0.15) is 27.2 Å². The van der Waals surface area contributed by atoms with Crippen LogP contribution in [-0.2, 0) is 6.54 Å². The molecule has 1 amide bonds. The van der Waals surface area contributed by atoms with Gasteiger partial charge in [0, 0.05) is 30.7 Å². The average Bonchev–Trinajstić information content (AvgIpc) is 3.02. The number of hydrogen-bond acceptors (Lipinski definition) is 4. The van der Waals surface area contributed by atoms with E-state index in [1.54, 1.807) is 35.6 Å². The summed E-state index contributed by atoms with van der Waals surface area (Å²) in [7, 11) is 0. The summed E-state index contributed by atoms with van der Waals surface area (Å²) in [6.07, 6.45) is 1.85. The SMILES string of the molecule is CCNC(=NCc1ncc(C)s1)NCCNC(=O)c1ccccc1Cl. The number of aromatic nitrogens is 1. The lowest BCUT2D eigenvalue weighted by Gasteiger charge is -2.12. The minimum absolute atomic E-state index is 0.187. The topological polar surface area (TPSA) is 78.4 Å². The van der Waals surface area contributed by atoms with Crippen LogP contribution < -0.4 is 16.0 Å². The molecule has 134 valence electrons. The molecule has 0 saturated carbocycles. The van der Waals surface area contributed by atoms with Crippen molar-refractivity contribution < 1.29 is 4.79 Å². The number of aryl methyl sites for hydroxylation is 1. The zero-order valence-electron chi connectivity index (χ0n) is 14.3. The molecule has 3 N–H and O–H groups in total. The monoisotopic (exact) mass is 379 g/mol. The van der Waals surface area contributed by atoms with E-state index in [4.69, 9.17) is 11.6 Å². The van der Waals surface area contributed by atoms with Gasteiger partial charge >= 0.3 is 0 Å². The molecule has 1 heterocycles. The number of hydrogen-bond donors (Lipinski definition) is 3. The van der Waals surface area contributed by atoms with Crippen molar-refractivity contribution in [2.45, 2.75) is 20.4 Å². The predicted octanol–water partition coefficient (Wildman–Crippen LogP) is 2.59. The number of carbonyl (C=O) groups is 1. The molecule has 0 bridgehead atoms. The number of carbonyl (C=O) groups excluding carboxylic acids is 1. The minimum Gasteiger partial charge on any atom is -0.357 e. The lowest BCUT2D eigenvalue weighted by Crippen LogP contribution is -2.41. The van der Waals surface area contributed by atoms with E-state index >= 15 is 0 Å². The average molecular weight is 380 g/mol. The molecule has 0 spiro atoms. The predicted molar refractivity (Wildman–Crippen MR) is 103 cm³/mol. The molecule has 6 nitrogen and oxygen atoms in total. The third-order valence-corrected chi connectivity index (χ3v) is 4.43. The molecule has 0 radical (unpaired) electrons. The van der Waals surface area contributed by atoms with Crippen LogP contribution in [0.3, 0.4) is 0 Å². The first-order chi connectivity index (χ1) is 12.1. The van der Waals surface area contributed by atoms with Crippen molar-refractivity contribution >= 4 is 34.8 Å². The molecule has 1 aromatic heterocycles. The van der Waals surface area contributed by atoms with Crippen LogP contribution in [0.15, 0.2) is 35.5 Å². The second-order valence-corrected chi connectivity index (χ2v) is 6.95. The van der Waals surface area contributed by atoms with Crippen molar-refractivity contribution in [2.24, 2.45) is 4.99 Å². The number of benzene rings is 1. The van der Waals surface area contributed by atoms with E-state index in [9.17, 15) is 4.79 Å². The second-order valence-electron chi connectivity index (χ2n) is 5.22. The molecule has 0 aliphatic heterocycles. The van der Waals surface area contributed by atoms with Gasteiger partial charge in [-0.25, -0.2) is 9.98 Å². The Morgan fingerprint density at radius 3 is 2.68 bits per heavy atom. The Bertz CT molecular complexity index is 731. The van der Waals surface area contributed by atoms with E-state index in [1.807, 2.05) is 20.0 Å². The summed E-state index contributed by atoms with van der Waals surface area (Å²) in [5.74, 6) is 0.509. The van der Waals surface area contributed by atoms with Crippen molar-refractivity contribution in [3.63, 3.8) is 0 Å². The van der Waals surface area contributed by atoms with Gasteiger partial charge in [0.25, 0.3) is 5.91 Å². The first kappa shape index (κ1) is 19.2. The molecular weight excluding hydrogens is 358 g/mol. The van der Waals surface area contributed by atoms with Crippen molar-refractivity contribution in [3.05, 3.63) is 50.9 Å². The summed E-state index contributed by atoms with van der Waals surface area (Å²) in [5, 5.41) is 10.6. The molecule has 0 aliphatic carbocycles. The van der Waals surface area contributed by atoms with Gasteiger partial charge in [-0.2, -0.15) is 0 Å². The summed E-state index contributed by atoms with van der Waals surface area (Å²) >= 11 is 7.65. The van der Waals surface area contributed by atoms with Crippen LogP contribution in [0.4, 0.5) is 0 Å². The normalized spacial score (nSPS) is 11.2. The molecule has 0 aliphatic rings. The molecule has 0 fully saturated rings. The van der Waals surface area contributed by atoms with Gasteiger partial charge in [0.2, 0.25) is 0 Å². The van der Waals surface area contributed by atoms with E-state index in [0.717, 1.165) is 11.6 Å². The maximum Gasteiger partial charge on any atom is 0.252 e. The number of guanidine groups is 1. The van der Waals surface area contributed by atoms with Crippen molar-refractivity contribution in [1.82, 2.24) is 20.9 Å². The van der Waals surface area contributed by atoms with Gasteiger partial charge in [-0.3, -0.25) is 4.79 Å². The summed E-state index contributed by atoms with van der Waals surface area (Å²) in [4.78, 5) is 22.0. The Labute approximate surface area is 156 Å².